The zero-order valence-electron chi connectivity index (χ0n) is 10.8. The number of nitrogen functional groups attached to an aromatic ring is 1. The number of hydrogen-bond donors (Lipinski definition) is 1. The minimum absolute atomic E-state index is 0.0322. The zero-order chi connectivity index (χ0) is 13.3. The molecule has 0 saturated heterocycles. The van der Waals surface area contributed by atoms with Crippen molar-refractivity contribution in [2.45, 2.75) is 26.8 Å². The highest BCUT2D eigenvalue weighted by molar-refractivity contribution is 6.00. The second kappa shape index (κ2) is 4.64. The van der Waals surface area contributed by atoms with Crippen molar-refractivity contribution >= 4 is 11.6 Å². The Balaban J connectivity index is 2.23. The lowest BCUT2D eigenvalue weighted by molar-refractivity contribution is 0.0991. The van der Waals surface area contributed by atoms with E-state index in [1.54, 1.807) is 7.05 Å². The van der Waals surface area contributed by atoms with Crippen molar-refractivity contribution < 1.29 is 4.79 Å². The molecule has 0 atom stereocenters. The molecule has 0 bridgehead atoms. The van der Waals surface area contributed by atoms with Crippen LogP contribution in [-0.4, -0.2) is 25.3 Å². The number of carbonyl (C=O) groups excluding carboxylic acids is 1. The maximum absolute atomic E-state index is 12.2. The summed E-state index contributed by atoms with van der Waals surface area (Å²) in [6.45, 7) is 4.66. The van der Waals surface area contributed by atoms with Crippen LogP contribution in [0.3, 0.4) is 0 Å². The highest BCUT2D eigenvalue weighted by Crippen LogP contribution is 2.14. The molecule has 0 aromatic carbocycles. The van der Waals surface area contributed by atoms with Gasteiger partial charge in [-0.05, 0) is 19.9 Å². The fourth-order valence-electron chi connectivity index (χ4n) is 1.94. The number of nitrogens with two attached hydrogens (primary N) is 1. The first-order valence-corrected chi connectivity index (χ1v) is 5.87. The van der Waals surface area contributed by atoms with Crippen LogP contribution >= 0.6 is 0 Å². The van der Waals surface area contributed by atoms with E-state index in [4.69, 9.17) is 5.73 Å². The van der Waals surface area contributed by atoms with E-state index in [1.165, 1.54) is 10.9 Å². The van der Waals surface area contributed by atoms with Crippen molar-refractivity contribution in [3.63, 3.8) is 0 Å². The molecule has 2 rings (SSSR count). The van der Waals surface area contributed by atoms with E-state index in [2.05, 4.69) is 10.2 Å². The maximum atomic E-state index is 12.2. The standard InChI is InChI=1S/C12H17N5O/c1-4-17-9(5-8(2)15-17)6-11(18)10-7-14-16(3)12(10)13/h5,7H,4,6,13H2,1-3H3. The Hall–Kier alpha value is -2.11. The summed E-state index contributed by atoms with van der Waals surface area (Å²) >= 11 is 0. The number of ketones is 1. The van der Waals surface area contributed by atoms with Crippen molar-refractivity contribution in [1.29, 1.82) is 0 Å². The van der Waals surface area contributed by atoms with Gasteiger partial charge in [0.25, 0.3) is 0 Å². The van der Waals surface area contributed by atoms with Crippen molar-refractivity contribution in [2.24, 2.45) is 7.05 Å². The van der Waals surface area contributed by atoms with Gasteiger partial charge in [-0.1, -0.05) is 0 Å². The minimum Gasteiger partial charge on any atom is -0.383 e. The first-order valence-electron chi connectivity index (χ1n) is 5.87. The van der Waals surface area contributed by atoms with Crippen molar-refractivity contribution in [2.75, 3.05) is 5.73 Å². The Morgan fingerprint density at radius 3 is 2.78 bits per heavy atom. The molecule has 2 aromatic heterocycles. The highest BCUT2D eigenvalue weighted by Gasteiger charge is 2.16. The van der Waals surface area contributed by atoms with E-state index in [0.717, 1.165) is 17.9 Å². The van der Waals surface area contributed by atoms with Crippen LogP contribution in [0.5, 0.6) is 0 Å². The molecule has 0 aliphatic heterocycles. The molecule has 0 fully saturated rings. The average molecular weight is 247 g/mol. The summed E-state index contributed by atoms with van der Waals surface area (Å²) in [5, 5.41) is 8.29. The van der Waals surface area contributed by atoms with Gasteiger partial charge in [0.05, 0.1) is 23.9 Å². The number of rotatable bonds is 4. The number of aryl methyl sites for hydroxylation is 3. The summed E-state index contributed by atoms with van der Waals surface area (Å²) in [6.07, 6.45) is 1.81. The van der Waals surface area contributed by atoms with Crippen molar-refractivity contribution in [3.05, 3.63) is 29.2 Å². The highest BCUT2D eigenvalue weighted by atomic mass is 16.1. The van der Waals surface area contributed by atoms with Gasteiger partial charge >= 0.3 is 0 Å². The number of carbonyl (C=O) groups is 1. The second-order valence-electron chi connectivity index (χ2n) is 4.26. The topological polar surface area (TPSA) is 78.7 Å². The number of anilines is 1. The molecule has 6 nitrogen and oxygen atoms in total. The molecule has 0 saturated carbocycles. The third-order valence-electron chi connectivity index (χ3n) is 2.91. The predicted molar refractivity (Wildman–Crippen MR) is 68.3 cm³/mol. The predicted octanol–water partition coefficient (Wildman–Crippen LogP) is 0.953. The lowest BCUT2D eigenvalue weighted by Crippen LogP contribution is -2.11. The first kappa shape index (κ1) is 12.3. The molecule has 0 amide bonds. The molecular formula is C12H17N5O. The van der Waals surface area contributed by atoms with E-state index in [0.29, 0.717) is 17.8 Å². The molecule has 0 unspecified atom stereocenters. The third-order valence-corrected chi connectivity index (χ3v) is 2.91. The third kappa shape index (κ3) is 2.13. The summed E-state index contributed by atoms with van der Waals surface area (Å²) < 4.78 is 3.33. The van der Waals surface area contributed by atoms with Crippen LogP contribution in [0.4, 0.5) is 5.82 Å². The van der Waals surface area contributed by atoms with Gasteiger partial charge in [0.15, 0.2) is 5.78 Å². The molecular weight excluding hydrogens is 230 g/mol. The lowest BCUT2D eigenvalue weighted by Gasteiger charge is -2.03. The molecule has 0 aliphatic carbocycles. The summed E-state index contributed by atoms with van der Waals surface area (Å²) in [7, 11) is 1.71. The number of Topliss-reactive ketones (excluding diaryl/α,β-unsaturated/α-hetero) is 1. The summed E-state index contributed by atoms with van der Waals surface area (Å²) in [5.74, 6) is 0.370. The molecule has 2 aromatic rings. The fourth-order valence-corrected chi connectivity index (χ4v) is 1.94. The molecule has 2 heterocycles. The van der Waals surface area contributed by atoms with Gasteiger partial charge in [-0.25, -0.2) is 0 Å². The van der Waals surface area contributed by atoms with Gasteiger partial charge in [0, 0.05) is 19.3 Å². The van der Waals surface area contributed by atoms with Crippen LogP contribution in [0.25, 0.3) is 0 Å². The largest absolute Gasteiger partial charge is 0.383 e. The Labute approximate surface area is 105 Å². The Morgan fingerprint density at radius 2 is 2.22 bits per heavy atom. The number of nitrogens with zero attached hydrogens (tertiary/aromatic N) is 4. The van der Waals surface area contributed by atoms with Crippen LogP contribution in [0.1, 0.15) is 28.7 Å². The van der Waals surface area contributed by atoms with E-state index in [-0.39, 0.29) is 5.78 Å². The number of aromatic nitrogens is 4. The van der Waals surface area contributed by atoms with Crippen LogP contribution in [0, 0.1) is 6.92 Å². The van der Waals surface area contributed by atoms with Gasteiger partial charge in [-0.2, -0.15) is 10.2 Å². The van der Waals surface area contributed by atoms with Gasteiger partial charge in [0.2, 0.25) is 0 Å². The van der Waals surface area contributed by atoms with Crippen LogP contribution < -0.4 is 5.73 Å². The molecule has 0 radical (unpaired) electrons. The van der Waals surface area contributed by atoms with E-state index in [1.807, 2.05) is 24.6 Å². The average Bonchev–Trinajstić information content (AvgIpc) is 2.84. The van der Waals surface area contributed by atoms with Gasteiger partial charge in [0.1, 0.15) is 5.82 Å². The molecule has 0 aliphatic rings. The van der Waals surface area contributed by atoms with Crippen LogP contribution in [-0.2, 0) is 20.0 Å². The SMILES string of the molecule is CCn1nc(C)cc1CC(=O)c1cnn(C)c1N. The summed E-state index contributed by atoms with van der Waals surface area (Å²) in [6, 6.07) is 1.92. The van der Waals surface area contributed by atoms with Gasteiger partial charge in [-0.15, -0.1) is 0 Å². The van der Waals surface area contributed by atoms with Crippen molar-refractivity contribution in [3.8, 4) is 0 Å². The lowest BCUT2D eigenvalue weighted by atomic mass is 10.1. The smallest absolute Gasteiger partial charge is 0.174 e. The normalized spacial score (nSPS) is 10.8. The van der Waals surface area contributed by atoms with Crippen LogP contribution in [0.15, 0.2) is 12.3 Å². The fraction of sp³-hybridized carbons (Fsp3) is 0.417. The summed E-state index contributed by atoms with van der Waals surface area (Å²) in [4.78, 5) is 12.2. The Morgan fingerprint density at radius 1 is 1.50 bits per heavy atom. The first-order chi connectivity index (χ1) is 8.52. The Bertz CT molecular complexity index is 581. The minimum atomic E-state index is -0.0322. The van der Waals surface area contributed by atoms with Gasteiger partial charge < -0.3 is 5.73 Å². The molecule has 0 spiro atoms. The van der Waals surface area contributed by atoms with Crippen molar-refractivity contribution in [1.82, 2.24) is 19.6 Å². The monoisotopic (exact) mass is 247 g/mol. The molecule has 2 N–H and O–H groups in total. The molecule has 18 heavy (non-hydrogen) atoms. The molecule has 6 heteroatoms. The van der Waals surface area contributed by atoms with E-state index >= 15 is 0 Å². The van der Waals surface area contributed by atoms with Crippen LogP contribution in [0.2, 0.25) is 0 Å². The van der Waals surface area contributed by atoms with E-state index in [9.17, 15) is 4.79 Å². The molecule has 96 valence electrons. The van der Waals surface area contributed by atoms with E-state index < -0.39 is 0 Å². The summed E-state index contributed by atoms with van der Waals surface area (Å²) in [5.41, 5.74) is 8.08. The maximum Gasteiger partial charge on any atom is 0.174 e. The second-order valence-corrected chi connectivity index (χ2v) is 4.26. The van der Waals surface area contributed by atoms with Gasteiger partial charge in [-0.3, -0.25) is 14.2 Å². The Kier molecular flexibility index (Phi) is 3.18. The quantitative estimate of drug-likeness (QED) is 0.816. The zero-order valence-corrected chi connectivity index (χ0v) is 10.8. The number of hydrogen-bond acceptors (Lipinski definition) is 4.